The molecule has 2 aliphatic heterocycles. The first-order valence-electron chi connectivity index (χ1n) is 21.7. The molecule has 0 spiro atoms. The van der Waals surface area contributed by atoms with Gasteiger partial charge >= 0.3 is 0 Å². The van der Waals surface area contributed by atoms with Crippen molar-refractivity contribution in [3.63, 3.8) is 0 Å². The maximum absolute atomic E-state index is 15.5. The van der Waals surface area contributed by atoms with Gasteiger partial charge in [0.05, 0.1) is 40.7 Å². The van der Waals surface area contributed by atoms with E-state index in [2.05, 4.69) is 20.6 Å². The number of carbonyl (C=O) groups is 2. The number of halogens is 5. The van der Waals surface area contributed by atoms with Crippen molar-refractivity contribution in [3.05, 3.63) is 162 Å². The highest BCUT2D eigenvalue weighted by molar-refractivity contribution is 7.22. The minimum Gasteiger partial charge on any atom is -0.493 e. The number of carbonyl (C=O) groups excluding carboxylic acids is 2. The number of alkyl halides is 1. The average Bonchev–Trinajstić information content (AvgIpc) is 3.90. The van der Waals surface area contributed by atoms with E-state index in [1.165, 1.54) is 36.5 Å². The third-order valence-electron chi connectivity index (χ3n) is 11.7. The van der Waals surface area contributed by atoms with Crippen LogP contribution in [0, 0.1) is 0 Å². The maximum Gasteiger partial charge on any atom is 0.262 e. The van der Waals surface area contributed by atoms with Crippen LogP contribution in [0.25, 0.3) is 42.4 Å². The number of thiophene rings is 2. The van der Waals surface area contributed by atoms with E-state index in [1.807, 2.05) is 60.7 Å². The molecule has 0 saturated carbocycles. The number of pyridine rings is 2. The van der Waals surface area contributed by atoms with Gasteiger partial charge in [-0.15, -0.1) is 22.7 Å². The monoisotopic (exact) mass is 1030 g/mol. The van der Waals surface area contributed by atoms with E-state index >= 15 is 4.39 Å². The predicted octanol–water partition coefficient (Wildman–Crippen LogP) is 14.5. The largest absolute Gasteiger partial charge is 0.493 e. The third-order valence-corrected chi connectivity index (χ3v) is 15.0. The molecule has 2 atom stereocenters. The zero-order chi connectivity index (χ0) is 48.1. The van der Waals surface area contributed by atoms with Gasteiger partial charge in [0.15, 0.2) is 0 Å². The van der Waals surface area contributed by atoms with Crippen molar-refractivity contribution in [2.45, 2.75) is 63.9 Å². The van der Waals surface area contributed by atoms with Gasteiger partial charge in [0.2, 0.25) is 0 Å². The van der Waals surface area contributed by atoms with Crippen molar-refractivity contribution in [1.29, 1.82) is 0 Å². The number of ether oxygens (including phenoxy) is 2. The standard InChI is InChI=1S/C26H21Cl2FN2O2S.C26H22Cl2N2O3S/c1-26(2,29)22-19-13-30-12-18(14-9-15(27)11-16(28)10-14)23(19)34-24(22)25(32)31-20-7-8-33-21-6-4-3-5-17(20)21;1-26(2,32)22-19-13-29-12-18(14-9-15(27)11-16(28)10-14)23(19)34-24(22)25(31)30-20-7-8-33-21-6-4-3-5-17(20)21/h3-6,9-13,20H,7-8H2,1-2H3,(H,31,32);3-6,9-13,20,32H,7-8H2,1-2H3,(H,30,31)/t2*20-/m00/s1. The van der Waals surface area contributed by atoms with Crippen molar-refractivity contribution in [2.24, 2.45) is 0 Å². The number of rotatable bonds is 8. The summed E-state index contributed by atoms with van der Waals surface area (Å²) in [7, 11) is 0. The van der Waals surface area contributed by atoms with E-state index in [4.69, 9.17) is 55.9 Å². The number of aliphatic hydroxyl groups is 1. The molecule has 9 nitrogen and oxygen atoms in total. The van der Waals surface area contributed by atoms with Gasteiger partial charge in [-0.1, -0.05) is 82.8 Å². The minimum atomic E-state index is -1.76. The minimum absolute atomic E-state index is 0.179. The highest BCUT2D eigenvalue weighted by atomic mass is 35.5. The first-order chi connectivity index (χ1) is 32.4. The normalized spacial score (nSPS) is 15.6. The van der Waals surface area contributed by atoms with Crippen LogP contribution in [0.4, 0.5) is 4.39 Å². The molecule has 68 heavy (non-hydrogen) atoms. The lowest BCUT2D eigenvalue weighted by Crippen LogP contribution is -2.33. The summed E-state index contributed by atoms with van der Waals surface area (Å²) in [6.45, 7) is 7.29. The van der Waals surface area contributed by atoms with E-state index in [1.54, 1.807) is 62.9 Å². The molecule has 348 valence electrons. The molecule has 16 heteroatoms. The van der Waals surface area contributed by atoms with Gasteiger partial charge in [0.25, 0.3) is 11.8 Å². The number of amides is 2. The average molecular weight is 1030 g/mol. The second-order valence-corrected chi connectivity index (χ2v) is 21.3. The van der Waals surface area contributed by atoms with Gasteiger partial charge in [-0.25, -0.2) is 4.39 Å². The Bertz CT molecular complexity index is 3000. The fourth-order valence-corrected chi connectivity index (χ4v) is 12.6. The summed E-state index contributed by atoms with van der Waals surface area (Å²) < 4.78 is 28.6. The maximum atomic E-state index is 15.5. The molecule has 0 radical (unpaired) electrons. The van der Waals surface area contributed by atoms with Crippen molar-refractivity contribution in [3.8, 4) is 33.8 Å². The van der Waals surface area contributed by atoms with E-state index in [9.17, 15) is 14.7 Å². The molecule has 0 fully saturated rings. The van der Waals surface area contributed by atoms with Crippen molar-refractivity contribution in [1.82, 2.24) is 20.6 Å². The molecule has 4 aromatic carbocycles. The van der Waals surface area contributed by atoms with Gasteiger partial charge in [-0.05, 0) is 87.4 Å². The molecule has 3 N–H and O–H groups in total. The summed E-state index contributed by atoms with van der Waals surface area (Å²) in [6.07, 6.45) is 8.01. The van der Waals surface area contributed by atoms with Gasteiger partial charge in [-0.2, -0.15) is 0 Å². The SMILES string of the molecule is CC(C)(F)c1c(C(=O)N[C@H]2CCOc3ccccc32)sc2c(-c3cc(Cl)cc(Cl)c3)cncc12.CC(C)(O)c1c(C(=O)N[C@H]2CCOc3ccccc32)sc2c(-c3cc(Cl)cc(Cl)c3)cncc12. The van der Waals surface area contributed by atoms with Gasteiger partial charge < -0.3 is 25.2 Å². The van der Waals surface area contributed by atoms with Crippen LogP contribution in [-0.2, 0) is 11.3 Å². The van der Waals surface area contributed by atoms with Gasteiger partial charge in [0, 0.05) is 111 Å². The molecular weight excluding hydrogens is 986 g/mol. The number of nitrogens with one attached hydrogen (secondary N) is 2. The summed E-state index contributed by atoms with van der Waals surface area (Å²) in [5.41, 5.74) is 2.82. The van der Waals surface area contributed by atoms with Gasteiger partial charge in [-0.3, -0.25) is 19.6 Å². The number of para-hydroxylation sites is 2. The highest BCUT2D eigenvalue weighted by Gasteiger charge is 2.35. The lowest BCUT2D eigenvalue weighted by molar-refractivity contribution is 0.0762. The number of hydrogen-bond donors (Lipinski definition) is 3. The molecule has 2 aliphatic rings. The van der Waals surface area contributed by atoms with Gasteiger partial charge in [0.1, 0.15) is 17.2 Å². The molecule has 6 heterocycles. The Balaban J connectivity index is 0.000000170. The lowest BCUT2D eigenvalue weighted by Gasteiger charge is -2.27. The Hall–Kier alpha value is -5.31. The Labute approximate surface area is 420 Å². The Kier molecular flexibility index (Phi) is 13.5. The topological polar surface area (TPSA) is 123 Å². The van der Waals surface area contributed by atoms with Crippen LogP contribution in [-0.4, -0.2) is 40.1 Å². The summed E-state index contributed by atoms with van der Waals surface area (Å²) in [6, 6.07) is 25.5. The molecular formula is C52H43Cl4FN4O5S2. The molecule has 0 unspecified atom stereocenters. The Morgan fingerprint density at radius 3 is 1.44 bits per heavy atom. The molecule has 2 amide bonds. The van der Waals surface area contributed by atoms with Crippen molar-refractivity contribution >= 4 is 101 Å². The number of aromatic nitrogens is 2. The number of nitrogens with zero attached hydrogens (tertiary/aromatic N) is 2. The van der Waals surface area contributed by atoms with Crippen LogP contribution in [0.1, 0.15) is 94.2 Å². The van der Waals surface area contributed by atoms with Crippen LogP contribution in [0.3, 0.4) is 0 Å². The number of benzene rings is 4. The van der Waals surface area contributed by atoms with E-state index < -0.39 is 11.3 Å². The molecule has 0 aliphatic carbocycles. The summed E-state index contributed by atoms with van der Waals surface area (Å²) in [5, 5.41) is 20.6. The van der Waals surface area contributed by atoms with Crippen molar-refractivity contribution in [2.75, 3.05) is 13.2 Å². The smallest absolute Gasteiger partial charge is 0.262 e. The van der Waals surface area contributed by atoms with Crippen LogP contribution < -0.4 is 20.1 Å². The second kappa shape index (κ2) is 19.2. The van der Waals surface area contributed by atoms with E-state index in [0.717, 1.165) is 59.7 Å². The predicted molar refractivity (Wildman–Crippen MR) is 273 cm³/mol. The fourth-order valence-electron chi connectivity index (χ4n) is 8.80. The molecule has 4 aromatic heterocycles. The molecule has 0 saturated heterocycles. The number of hydrogen-bond acceptors (Lipinski definition) is 9. The van der Waals surface area contributed by atoms with Crippen LogP contribution in [0.2, 0.25) is 20.1 Å². The summed E-state index contributed by atoms with van der Waals surface area (Å²) in [4.78, 5) is 36.7. The zero-order valence-corrected chi connectivity index (χ0v) is 41.7. The first kappa shape index (κ1) is 47.7. The Morgan fingerprint density at radius 1 is 0.632 bits per heavy atom. The van der Waals surface area contributed by atoms with E-state index in [0.29, 0.717) is 72.4 Å². The summed E-state index contributed by atoms with van der Waals surface area (Å²) >= 11 is 27.5. The highest BCUT2D eigenvalue weighted by Crippen LogP contribution is 2.46. The van der Waals surface area contributed by atoms with Crippen LogP contribution >= 0.6 is 69.1 Å². The summed E-state index contributed by atoms with van der Waals surface area (Å²) in [5.74, 6) is 0.974. The number of fused-ring (bicyclic) bond motifs is 4. The Morgan fingerprint density at radius 2 is 1.03 bits per heavy atom. The van der Waals surface area contributed by atoms with Crippen molar-refractivity contribution < 1.29 is 28.6 Å². The molecule has 8 aromatic rings. The third kappa shape index (κ3) is 9.78. The van der Waals surface area contributed by atoms with E-state index in [-0.39, 0.29) is 23.9 Å². The lowest BCUT2D eigenvalue weighted by atomic mass is 9.94. The zero-order valence-electron chi connectivity index (χ0n) is 37.1. The second-order valence-electron chi connectivity index (χ2n) is 17.5. The van der Waals surface area contributed by atoms with Crippen LogP contribution in [0.5, 0.6) is 11.5 Å². The molecule has 10 rings (SSSR count). The first-order valence-corrected chi connectivity index (χ1v) is 24.8. The fraction of sp³-hybridized carbons (Fsp3) is 0.231. The molecule has 0 bridgehead atoms. The quantitative estimate of drug-likeness (QED) is 0.139. The van der Waals surface area contributed by atoms with Crippen LogP contribution in [0.15, 0.2) is 110 Å².